The van der Waals surface area contributed by atoms with Crippen molar-refractivity contribution in [3.8, 4) is 0 Å². The standard InChI is InChI=1S/C19H24N2O4/c22-15-13-17(24)21(10-12-5-6-12)18(25)14(19(13)7-1-2-8-19)16(23)20(15)9-11-3-4-11/h11-14H,1-10H2. The number of likely N-dealkylation sites (tertiary alicyclic amines) is 2. The fraction of sp³-hybridized carbons (Fsp3) is 0.789. The van der Waals surface area contributed by atoms with E-state index in [1.165, 1.54) is 9.80 Å². The summed E-state index contributed by atoms with van der Waals surface area (Å²) >= 11 is 0. The zero-order chi connectivity index (χ0) is 17.3. The van der Waals surface area contributed by atoms with Gasteiger partial charge in [0.25, 0.3) is 0 Å². The van der Waals surface area contributed by atoms with Crippen LogP contribution < -0.4 is 0 Å². The predicted molar refractivity (Wildman–Crippen MR) is 86.8 cm³/mol. The Hall–Kier alpha value is -1.72. The molecule has 6 heteroatoms. The molecule has 4 amide bonds. The first-order valence-electron chi connectivity index (χ1n) is 9.73. The first kappa shape index (κ1) is 15.5. The van der Waals surface area contributed by atoms with Crippen LogP contribution in [0.4, 0.5) is 0 Å². The molecule has 2 bridgehead atoms. The molecule has 5 aliphatic rings. The van der Waals surface area contributed by atoms with E-state index in [1.54, 1.807) is 0 Å². The topological polar surface area (TPSA) is 74.8 Å². The van der Waals surface area contributed by atoms with Gasteiger partial charge in [-0.2, -0.15) is 0 Å². The molecule has 0 N–H and O–H groups in total. The summed E-state index contributed by atoms with van der Waals surface area (Å²) in [4.78, 5) is 55.3. The minimum absolute atomic E-state index is 0.326. The van der Waals surface area contributed by atoms with Gasteiger partial charge < -0.3 is 0 Å². The van der Waals surface area contributed by atoms with Crippen LogP contribution in [0.5, 0.6) is 0 Å². The lowest BCUT2D eigenvalue weighted by Crippen LogP contribution is -2.71. The van der Waals surface area contributed by atoms with Gasteiger partial charge in [-0.05, 0) is 50.4 Å². The van der Waals surface area contributed by atoms with Crippen molar-refractivity contribution >= 4 is 23.6 Å². The Bertz CT molecular complexity index is 589. The van der Waals surface area contributed by atoms with Gasteiger partial charge in [0, 0.05) is 18.5 Å². The molecule has 3 aliphatic carbocycles. The first-order valence-corrected chi connectivity index (χ1v) is 9.73. The molecule has 2 aliphatic heterocycles. The molecule has 2 heterocycles. The average Bonchev–Trinajstić information content (AvgIpc) is 3.50. The van der Waals surface area contributed by atoms with Crippen LogP contribution in [0.15, 0.2) is 0 Å². The third-order valence-corrected chi connectivity index (χ3v) is 7.01. The summed E-state index contributed by atoms with van der Waals surface area (Å²) in [5, 5.41) is 0. The van der Waals surface area contributed by atoms with Crippen molar-refractivity contribution in [1.82, 2.24) is 9.80 Å². The van der Waals surface area contributed by atoms with Gasteiger partial charge in [-0.15, -0.1) is 0 Å². The Morgan fingerprint density at radius 3 is 1.36 bits per heavy atom. The molecule has 3 saturated carbocycles. The summed E-state index contributed by atoms with van der Waals surface area (Å²) in [7, 11) is 0. The largest absolute Gasteiger partial charge is 0.281 e. The maximum absolute atomic E-state index is 13.2. The van der Waals surface area contributed by atoms with Crippen LogP contribution in [0.3, 0.4) is 0 Å². The van der Waals surface area contributed by atoms with E-state index in [-0.39, 0.29) is 23.6 Å². The molecule has 25 heavy (non-hydrogen) atoms. The summed E-state index contributed by atoms with van der Waals surface area (Å²) < 4.78 is 0. The Morgan fingerprint density at radius 1 is 0.680 bits per heavy atom. The number of piperidine rings is 2. The number of amides is 4. The molecule has 0 radical (unpaired) electrons. The van der Waals surface area contributed by atoms with Crippen LogP contribution in [-0.4, -0.2) is 46.5 Å². The highest BCUT2D eigenvalue weighted by Gasteiger charge is 2.68. The number of hydrogen-bond acceptors (Lipinski definition) is 4. The van der Waals surface area contributed by atoms with Gasteiger partial charge in [0.2, 0.25) is 23.6 Å². The number of carbonyl (C=O) groups excluding carboxylic acids is 4. The van der Waals surface area contributed by atoms with E-state index in [4.69, 9.17) is 0 Å². The van der Waals surface area contributed by atoms with Gasteiger partial charge in [0.15, 0.2) is 0 Å². The highest BCUT2D eigenvalue weighted by atomic mass is 16.2. The van der Waals surface area contributed by atoms with Gasteiger partial charge in [-0.25, -0.2) is 0 Å². The summed E-state index contributed by atoms with van der Waals surface area (Å²) in [6, 6.07) is 0. The maximum Gasteiger partial charge on any atom is 0.242 e. The molecule has 0 aromatic rings. The lowest BCUT2D eigenvalue weighted by atomic mass is 9.58. The van der Waals surface area contributed by atoms with Crippen LogP contribution in [0, 0.1) is 29.1 Å². The van der Waals surface area contributed by atoms with E-state index in [1.807, 2.05) is 0 Å². The molecule has 0 aromatic carbocycles. The SMILES string of the molecule is O=C1C2C(=O)N(CC3CC3)C(=O)C(C(=O)N1CC1CC1)C21CCCC1. The van der Waals surface area contributed by atoms with E-state index in [0.717, 1.165) is 38.5 Å². The normalized spacial score (nSPS) is 34.4. The summed E-state index contributed by atoms with van der Waals surface area (Å²) in [6.45, 7) is 0.786. The quantitative estimate of drug-likeness (QED) is 0.570. The van der Waals surface area contributed by atoms with Crippen molar-refractivity contribution < 1.29 is 19.2 Å². The van der Waals surface area contributed by atoms with Crippen molar-refractivity contribution in [2.24, 2.45) is 29.1 Å². The lowest BCUT2D eigenvalue weighted by molar-refractivity contribution is -0.186. The van der Waals surface area contributed by atoms with Gasteiger partial charge in [-0.1, -0.05) is 12.8 Å². The Kier molecular flexibility index (Phi) is 3.20. The highest BCUT2D eigenvalue weighted by Crippen LogP contribution is 2.57. The van der Waals surface area contributed by atoms with E-state index >= 15 is 0 Å². The monoisotopic (exact) mass is 344 g/mol. The third kappa shape index (κ3) is 2.15. The lowest BCUT2D eigenvalue weighted by Gasteiger charge is -2.52. The molecule has 5 fully saturated rings. The second kappa shape index (κ2) is 5.15. The van der Waals surface area contributed by atoms with Gasteiger partial charge in [0.1, 0.15) is 11.8 Å². The second-order valence-corrected chi connectivity index (χ2v) is 8.77. The molecular formula is C19H24N2O4. The fourth-order valence-electron chi connectivity index (χ4n) is 5.29. The predicted octanol–water partition coefficient (Wildman–Crippen LogP) is 1.34. The van der Waals surface area contributed by atoms with Gasteiger partial charge in [0.05, 0.1) is 0 Å². The molecule has 5 rings (SSSR count). The molecule has 0 aromatic heterocycles. The summed E-state index contributed by atoms with van der Waals surface area (Å²) in [5.41, 5.74) is -0.734. The molecule has 6 nitrogen and oxygen atoms in total. The Morgan fingerprint density at radius 2 is 1.04 bits per heavy atom. The van der Waals surface area contributed by atoms with Crippen LogP contribution in [0.1, 0.15) is 51.4 Å². The van der Waals surface area contributed by atoms with E-state index in [0.29, 0.717) is 37.8 Å². The van der Waals surface area contributed by atoms with Crippen molar-refractivity contribution in [3.63, 3.8) is 0 Å². The molecule has 0 atom stereocenters. The Labute approximate surface area is 146 Å². The van der Waals surface area contributed by atoms with E-state index in [2.05, 4.69) is 0 Å². The molecule has 2 saturated heterocycles. The summed E-state index contributed by atoms with van der Waals surface area (Å²) in [6.07, 6.45) is 7.15. The zero-order valence-corrected chi connectivity index (χ0v) is 14.4. The summed E-state index contributed by atoms with van der Waals surface area (Å²) in [5.74, 6) is -2.21. The molecule has 1 spiro atoms. The van der Waals surface area contributed by atoms with E-state index < -0.39 is 17.3 Å². The zero-order valence-electron chi connectivity index (χ0n) is 14.4. The van der Waals surface area contributed by atoms with Gasteiger partial charge in [-0.3, -0.25) is 29.0 Å². The fourth-order valence-corrected chi connectivity index (χ4v) is 5.29. The Balaban J connectivity index is 1.56. The highest BCUT2D eigenvalue weighted by molar-refractivity contribution is 6.22. The van der Waals surface area contributed by atoms with Crippen molar-refractivity contribution in [1.29, 1.82) is 0 Å². The maximum atomic E-state index is 13.2. The molecule has 0 unspecified atom stereocenters. The molecular weight excluding hydrogens is 320 g/mol. The number of imide groups is 2. The molecule has 134 valence electrons. The van der Waals surface area contributed by atoms with Crippen LogP contribution in [0.25, 0.3) is 0 Å². The second-order valence-electron chi connectivity index (χ2n) is 8.77. The number of nitrogens with zero attached hydrogens (tertiary/aromatic N) is 2. The smallest absolute Gasteiger partial charge is 0.242 e. The van der Waals surface area contributed by atoms with Crippen LogP contribution in [0.2, 0.25) is 0 Å². The van der Waals surface area contributed by atoms with E-state index in [9.17, 15) is 19.2 Å². The van der Waals surface area contributed by atoms with Gasteiger partial charge >= 0.3 is 0 Å². The van der Waals surface area contributed by atoms with Crippen molar-refractivity contribution in [3.05, 3.63) is 0 Å². The minimum atomic E-state index is -0.812. The van der Waals surface area contributed by atoms with Crippen LogP contribution in [-0.2, 0) is 19.2 Å². The number of carbonyl (C=O) groups is 4. The van der Waals surface area contributed by atoms with Crippen molar-refractivity contribution in [2.45, 2.75) is 51.4 Å². The number of hydrogen-bond donors (Lipinski definition) is 0. The first-order chi connectivity index (χ1) is 12.0. The third-order valence-electron chi connectivity index (χ3n) is 7.01. The minimum Gasteiger partial charge on any atom is -0.281 e. The average molecular weight is 344 g/mol. The van der Waals surface area contributed by atoms with Crippen molar-refractivity contribution in [2.75, 3.05) is 13.1 Å². The van der Waals surface area contributed by atoms with Crippen LogP contribution >= 0.6 is 0 Å². The number of rotatable bonds is 4.